The zero-order chi connectivity index (χ0) is 19.8. The summed E-state index contributed by atoms with van der Waals surface area (Å²) < 4.78 is 0. The van der Waals surface area contributed by atoms with Gasteiger partial charge in [-0.15, -0.1) is 0 Å². The normalized spacial score (nSPS) is 11.7. The second-order valence-electron chi connectivity index (χ2n) is 7.01. The van der Waals surface area contributed by atoms with Gasteiger partial charge in [0.1, 0.15) is 6.54 Å². The minimum atomic E-state index is -0.177. The van der Waals surface area contributed by atoms with Crippen molar-refractivity contribution in [2.75, 3.05) is 32.0 Å². The fourth-order valence-corrected chi connectivity index (χ4v) is 3.04. The molecular formula is C22H30N3O2+. The van der Waals surface area contributed by atoms with Gasteiger partial charge >= 0.3 is 0 Å². The highest BCUT2D eigenvalue weighted by atomic mass is 16.2. The van der Waals surface area contributed by atoms with E-state index in [1.54, 1.807) is 7.05 Å². The molecule has 27 heavy (non-hydrogen) atoms. The summed E-state index contributed by atoms with van der Waals surface area (Å²) in [4.78, 5) is 27.6. The number of likely N-dealkylation sites (N-methyl/N-ethyl adjacent to an activating group) is 2. The van der Waals surface area contributed by atoms with E-state index in [2.05, 4.69) is 24.4 Å². The Balaban J connectivity index is 1.89. The molecule has 0 bridgehead atoms. The Morgan fingerprint density at radius 1 is 1.00 bits per heavy atom. The van der Waals surface area contributed by atoms with Gasteiger partial charge in [0.05, 0.1) is 13.1 Å². The van der Waals surface area contributed by atoms with Crippen LogP contribution in [-0.2, 0) is 16.1 Å². The van der Waals surface area contributed by atoms with Crippen molar-refractivity contribution in [2.24, 2.45) is 0 Å². The summed E-state index contributed by atoms with van der Waals surface area (Å²) in [6.45, 7) is 8.06. The minimum Gasteiger partial charge on any atom is -0.332 e. The number of quaternary nitrogens is 1. The molecule has 0 aliphatic heterocycles. The van der Waals surface area contributed by atoms with Crippen molar-refractivity contribution in [1.29, 1.82) is 0 Å². The molecule has 1 atom stereocenters. The van der Waals surface area contributed by atoms with Crippen LogP contribution in [0.2, 0.25) is 0 Å². The molecule has 5 nitrogen and oxygen atoms in total. The number of hydrogen-bond acceptors (Lipinski definition) is 2. The third-order valence-electron chi connectivity index (χ3n) is 4.75. The molecule has 0 aliphatic carbocycles. The van der Waals surface area contributed by atoms with Crippen LogP contribution in [0.15, 0.2) is 48.5 Å². The van der Waals surface area contributed by atoms with E-state index in [1.165, 1.54) is 15.4 Å². The van der Waals surface area contributed by atoms with Crippen LogP contribution < -0.4 is 10.2 Å². The van der Waals surface area contributed by atoms with E-state index >= 15 is 0 Å². The van der Waals surface area contributed by atoms with Crippen LogP contribution in [0.4, 0.5) is 5.69 Å². The first-order valence-corrected chi connectivity index (χ1v) is 9.38. The molecule has 2 aromatic carbocycles. The fraction of sp³-hybridized carbons (Fsp3) is 0.364. The van der Waals surface area contributed by atoms with E-state index in [9.17, 15) is 9.59 Å². The van der Waals surface area contributed by atoms with E-state index in [-0.39, 0.29) is 18.4 Å². The number of carbonyl (C=O) groups excluding carboxylic acids is 2. The van der Waals surface area contributed by atoms with Gasteiger partial charge in [0, 0.05) is 18.3 Å². The van der Waals surface area contributed by atoms with Crippen LogP contribution in [0.5, 0.6) is 0 Å². The van der Waals surface area contributed by atoms with Gasteiger partial charge in [0.15, 0.2) is 6.54 Å². The molecule has 2 N–H and O–H groups in total. The maximum atomic E-state index is 12.5. The molecule has 0 saturated carbocycles. The summed E-state index contributed by atoms with van der Waals surface area (Å²) in [5.41, 5.74) is 4.06. The molecule has 0 heterocycles. The minimum absolute atomic E-state index is 0.0283. The summed E-state index contributed by atoms with van der Waals surface area (Å²) in [5.74, 6) is -0.205. The predicted octanol–water partition coefficient (Wildman–Crippen LogP) is 1.81. The second kappa shape index (κ2) is 9.88. The number of carbonyl (C=O) groups is 2. The zero-order valence-corrected chi connectivity index (χ0v) is 16.7. The highest BCUT2D eigenvalue weighted by molar-refractivity contribution is 5.95. The number of amides is 2. The molecule has 0 saturated heterocycles. The van der Waals surface area contributed by atoms with Crippen molar-refractivity contribution >= 4 is 17.5 Å². The first-order valence-electron chi connectivity index (χ1n) is 9.38. The number of benzene rings is 2. The van der Waals surface area contributed by atoms with Gasteiger partial charge in [0.2, 0.25) is 5.91 Å². The number of hydrogen-bond donors (Lipinski definition) is 2. The van der Waals surface area contributed by atoms with Gasteiger partial charge in [-0.05, 0) is 31.9 Å². The second-order valence-corrected chi connectivity index (χ2v) is 7.01. The molecule has 2 amide bonds. The van der Waals surface area contributed by atoms with E-state index in [0.717, 1.165) is 29.9 Å². The maximum Gasteiger partial charge on any atom is 0.277 e. The number of aryl methyl sites for hydroxylation is 2. The third kappa shape index (κ3) is 6.22. The van der Waals surface area contributed by atoms with Gasteiger partial charge in [-0.25, -0.2) is 0 Å². The third-order valence-corrected chi connectivity index (χ3v) is 4.75. The monoisotopic (exact) mass is 368 g/mol. The van der Waals surface area contributed by atoms with Crippen molar-refractivity contribution in [1.82, 2.24) is 4.90 Å². The fourth-order valence-electron chi connectivity index (χ4n) is 3.04. The Morgan fingerprint density at radius 3 is 2.22 bits per heavy atom. The molecule has 1 unspecified atom stereocenters. The summed E-state index contributed by atoms with van der Waals surface area (Å²) in [5, 5.41) is 2.93. The van der Waals surface area contributed by atoms with Crippen LogP contribution in [0, 0.1) is 13.8 Å². The number of nitrogens with zero attached hydrogens (tertiary/aromatic N) is 1. The van der Waals surface area contributed by atoms with Gasteiger partial charge in [-0.3, -0.25) is 9.59 Å². The van der Waals surface area contributed by atoms with Crippen molar-refractivity contribution in [3.63, 3.8) is 0 Å². The van der Waals surface area contributed by atoms with Gasteiger partial charge in [0.25, 0.3) is 5.91 Å². The lowest BCUT2D eigenvalue weighted by Gasteiger charge is -2.22. The summed E-state index contributed by atoms with van der Waals surface area (Å²) in [6.07, 6.45) is 0. The van der Waals surface area contributed by atoms with Crippen LogP contribution in [0.25, 0.3) is 0 Å². The van der Waals surface area contributed by atoms with E-state index in [0.29, 0.717) is 6.54 Å². The van der Waals surface area contributed by atoms with Gasteiger partial charge in [-0.2, -0.15) is 0 Å². The lowest BCUT2D eigenvalue weighted by atomic mass is 10.1. The first kappa shape index (κ1) is 20.6. The maximum absolute atomic E-state index is 12.5. The Kier molecular flexibility index (Phi) is 7.55. The Bertz CT molecular complexity index is 754. The Labute approximate surface area is 162 Å². The van der Waals surface area contributed by atoms with E-state index in [4.69, 9.17) is 0 Å². The molecule has 5 heteroatoms. The SMILES string of the molecule is CC[NH+](CC(=O)N(C)CC(=O)Nc1c(C)cccc1C)Cc1ccccc1. The quantitative estimate of drug-likeness (QED) is 0.747. The van der Waals surface area contributed by atoms with Crippen LogP contribution >= 0.6 is 0 Å². The Hall–Kier alpha value is -2.66. The molecule has 0 fully saturated rings. The molecule has 0 spiro atoms. The standard InChI is InChI=1S/C22H29N3O2/c1-5-25(14-19-12-7-6-8-13-19)16-21(27)24(4)15-20(26)23-22-17(2)10-9-11-18(22)3/h6-13H,5,14-16H2,1-4H3,(H,23,26)/p+1. The molecule has 144 valence electrons. The first-order chi connectivity index (χ1) is 12.9. The van der Waals surface area contributed by atoms with Crippen molar-refractivity contribution in [3.05, 3.63) is 65.2 Å². The highest BCUT2D eigenvalue weighted by Crippen LogP contribution is 2.19. The largest absolute Gasteiger partial charge is 0.332 e. The van der Waals surface area contributed by atoms with Crippen LogP contribution in [0.3, 0.4) is 0 Å². The highest BCUT2D eigenvalue weighted by Gasteiger charge is 2.19. The zero-order valence-electron chi connectivity index (χ0n) is 16.7. The number of rotatable bonds is 8. The smallest absolute Gasteiger partial charge is 0.277 e. The average Bonchev–Trinajstić information content (AvgIpc) is 2.65. The molecule has 0 radical (unpaired) electrons. The van der Waals surface area contributed by atoms with Crippen LogP contribution in [-0.4, -0.2) is 43.4 Å². The molecule has 2 rings (SSSR count). The molecular weight excluding hydrogens is 338 g/mol. The summed E-state index contributed by atoms with van der Waals surface area (Å²) in [6, 6.07) is 16.0. The average molecular weight is 369 g/mol. The topological polar surface area (TPSA) is 53.9 Å². The van der Waals surface area contributed by atoms with E-state index in [1.807, 2.05) is 50.2 Å². The summed E-state index contributed by atoms with van der Waals surface area (Å²) in [7, 11) is 1.68. The molecule has 2 aromatic rings. The number of nitrogens with one attached hydrogen (secondary N) is 2. The van der Waals surface area contributed by atoms with Crippen molar-refractivity contribution in [2.45, 2.75) is 27.3 Å². The predicted molar refractivity (Wildman–Crippen MR) is 109 cm³/mol. The summed E-state index contributed by atoms with van der Waals surface area (Å²) >= 11 is 0. The lowest BCUT2D eigenvalue weighted by Crippen LogP contribution is -3.11. The van der Waals surface area contributed by atoms with E-state index < -0.39 is 0 Å². The Morgan fingerprint density at radius 2 is 1.63 bits per heavy atom. The molecule has 0 aliphatic rings. The van der Waals surface area contributed by atoms with Gasteiger partial charge < -0.3 is 15.1 Å². The molecule has 0 aromatic heterocycles. The van der Waals surface area contributed by atoms with Crippen molar-refractivity contribution < 1.29 is 14.5 Å². The van der Waals surface area contributed by atoms with Gasteiger partial charge in [-0.1, -0.05) is 48.5 Å². The number of anilines is 1. The van der Waals surface area contributed by atoms with Crippen LogP contribution in [0.1, 0.15) is 23.6 Å². The number of para-hydroxylation sites is 1. The van der Waals surface area contributed by atoms with Crippen molar-refractivity contribution in [3.8, 4) is 0 Å². The lowest BCUT2D eigenvalue weighted by molar-refractivity contribution is -0.904.